The van der Waals surface area contributed by atoms with Crippen LogP contribution in [0, 0.1) is 16.7 Å². The van der Waals surface area contributed by atoms with Gasteiger partial charge in [-0.25, -0.2) is 4.79 Å². The van der Waals surface area contributed by atoms with Crippen LogP contribution < -0.4 is 0 Å². The number of nitrogens with zero attached hydrogens (tertiary/aromatic N) is 2. The maximum Gasteiger partial charge on any atom is 0.354 e. The quantitative estimate of drug-likeness (QED) is 0.559. The van der Waals surface area contributed by atoms with Gasteiger partial charge in [-0.1, -0.05) is 6.42 Å². The van der Waals surface area contributed by atoms with Crippen LogP contribution in [0.2, 0.25) is 0 Å². The molecule has 0 aliphatic rings. The number of aromatic nitrogens is 1. The van der Waals surface area contributed by atoms with Gasteiger partial charge in [-0.2, -0.15) is 5.26 Å². The molecule has 0 amide bonds. The summed E-state index contributed by atoms with van der Waals surface area (Å²) in [5.41, 5.74) is 0.335. The van der Waals surface area contributed by atoms with E-state index in [1.165, 1.54) is 0 Å². The van der Waals surface area contributed by atoms with Crippen LogP contribution in [0.1, 0.15) is 50.5 Å². The van der Waals surface area contributed by atoms with Gasteiger partial charge in [0.1, 0.15) is 5.69 Å². The molecular formula is C15H22N2O2. The van der Waals surface area contributed by atoms with Gasteiger partial charge in [0.25, 0.3) is 0 Å². The average Bonchev–Trinajstić information content (AvgIpc) is 2.83. The number of carbonyl (C=O) groups is 1. The lowest BCUT2D eigenvalue weighted by molar-refractivity contribution is 0.0513. The van der Waals surface area contributed by atoms with Gasteiger partial charge in [0.05, 0.1) is 18.1 Å². The van der Waals surface area contributed by atoms with Gasteiger partial charge in [0, 0.05) is 12.7 Å². The number of carbonyl (C=O) groups excluding carboxylic acids is 1. The Morgan fingerprint density at radius 1 is 1.47 bits per heavy atom. The fraction of sp³-hybridized carbons (Fsp3) is 0.600. The topological polar surface area (TPSA) is 55.0 Å². The SMILES string of the molecule is CCOC(=O)c1cccn1CCCCC(C)(C)C#N. The lowest BCUT2D eigenvalue weighted by Gasteiger charge is -2.15. The lowest BCUT2D eigenvalue weighted by Crippen LogP contribution is -2.12. The van der Waals surface area contributed by atoms with Crippen LogP contribution in [0.3, 0.4) is 0 Å². The van der Waals surface area contributed by atoms with Crippen LogP contribution >= 0.6 is 0 Å². The van der Waals surface area contributed by atoms with Gasteiger partial charge in [-0.3, -0.25) is 0 Å². The summed E-state index contributed by atoms with van der Waals surface area (Å²) >= 11 is 0. The fourth-order valence-electron chi connectivity index (χ4n) is 1.90. The molecule has 0 aliphatic carbocycles. The lowest BCUT2D eigenvalue weighted by atomic mass is 9.89. The Morgan fingerprint density at radius 2 is 2.21 bits per heavy atom. The smallest absolute Gasteiger partial charge is 0.354 e. The van der Waals surface area contributed by atoms with Gasteiger partial charge in [0.15, 0.2) is 0 Å². The number of hydrogen-bond donors (Lipinski definition) is 0. The molecule has 0 aromatic carbocycles. The Balaban J connectivity index is 2.45. The van der Waals surface area contributed by atoms with Gasteiger partial charge in [0.2, 0.25) is 0 Å². The monoisotopic (exact) mass is 262 g/mol. The predicted octanol–water partition coefficient (Wildman–Crippen LogP) is 3.38. The highest BCUT2D eigenvalue weighted by Crippen LogP contribution is 2.22. The summed E-state index contributed by atoms with van der Waals surface area (Å²) in [6, 6.07) is 5.93. The number of unbranched alkanes of at least 4 members (excludes halogenated alkanes) is 1. The molecule has 0 spiro atoms. The molecule has 0 N–H and O–H groups in total. The maximum absolute atomic E-state index is 11.7. The summed E-state index contributed by atoms with van der Waals surface area (Å²) in [6.07, 6.45) is 4.69. The van der Waals surface area contributed by atoms with Crippen molar-refractivity contribution in [2.45, 2.75) is 46.6 Å². The zero-order valence-electron chi connectivity index (χ0n) is 12.0. The second kappa shape index (κ2) is 6.98. The number of esters is 1. The van der Waals surface area contributed by atoms with E-state index in [1.54, 1.807) is 13.0 Å². The molecular weight excluding hydrogens is 240 g/mol. The minimum Gasteiger partial charge on any atom is -0.461 e. The number of ether oxygens (including phenoxy) is 1. The molecule has 1 aromatic rings. The predicted molar refractivity (Wildman–Crippen MR) is 73.6 cm³/mol. The Morgan fingerprint density at radius 3 is 2.84 bits per heavy atom. The van der Waals surface area contributed by atoms with E-state index in [1.807, 2.05) is 30.7 Å². The molecule has 4 heteroatoms. The zero-order valence-corrected chi connectivity index (χ0v) is 12.0. The minimum absolute atomic E-state index is 0.263. The molecule has 0 aliphatic heterocycles. The van der Waals surface area contributed by atoms with Crippen LogP contribution in [0.5, 0.6) is 0 Å². The van der Waals surface area contributed by atoms with E-state index in [0.717, 1.165) is 25.8 Å². The second-order valence-corrected chi connectivity index (χ2v) is 5.26. The third-order valence-corrected chi connectivity index (χ3v) is 3.07. The molecule has 1 aromatic heterocycles. The molecule has 104 valence electrons. The van der Waals surface area contributed by atoms with Crippen molar-refractivity contribution in [3.8, 4) is 6.07 Å². The summed E-state index contributed by atoms with van der Waals surface area (Å²) < 4.78 is 6.92. The van der Waals surface area contributed by atoms with E-state index in [-0.39, 0.29) is 11.4 Å². The average molecular weight is 262 g/mol. The van der Waals surface area contributed by atoms with E-state index in [2.05, 4.69) is 6.07 Å². The number of aryl methyl sites for hydroxylation is 1. The molecule has 1 rings (SSSR count). The molecule has 0 unspecified atom stereocenters. The number of hydrogen-bond acceptors (Lipinski definition) is 3. The molecule has 0 saturated carbocycles. The Hall–Kier alpha value is -1.76. The van der Waals surface area contributed by atoms with Gasteiger partial charge in [-0.05, 0) is 45.7 Å². The first kappa shape index (κ1) is 15.3. The molecule has 0 atom stereocenters. The molecule has 19 heavy (non-hydrogen) atoms. The summed E-state index contributed by atoms with van der Waals surface area (Å²) in [5, 5.41) is 8.94. The molecule has 0 saturated heterocycles. The highest BCUT2D eigenvalue weighted by atomic mass is 16.5. The van der Waals surface area contributed by atoms with Crippen LogP contribution in [0.25, 0.3) is 0 Å². The van der Waals surface area contributed by atoms with Gasteiger partial charge < -0.3 is 9.30 Å². The minimum atomic E-state index is -0.273. The standard InChI is InChI=1S/C15H22N2O2/c1-4-19-14(18)13-8-7-11-17(13)10-6-5-9-15(2,3)12-16/h7-8,11H,4-6,9-10H2,1-3H3. The van der Waals surface area contributed by atoms with Crippen molar-refractivity contribution in [1.29, 1.82) is 5.26 Å². The van der Waals surface area contributed by atoms with Gasteiger partial charge >= 0.3 is 5.97 Å². The first-order valence-corrected chi connectivity index (χ1v) is 6.73. The van der Waals surface area contributed by atoms with Crippen molar-refractivity contribution >= 4 is 5.97 Å². The summed E-state index contributed by atoms with van der Waals surface area (Å²) in [7, 11) is 0. The van der Waals surface area contributed by atoms with Crippen molar-refractivity contribution in [1.82, 2.24) is 4.57 Å². The van der Waals surface area contributed by atoms with Crippen molar-refractivity contribution in [3.05, 3.63) is 24.0 Å². The largest absolute Gasteiger partial charge is 0.461 e. The van der Waals surface area contributed by atoms with Crippen molar-refractivity contribution in [2.24, 2.45) is 5.41 Å². The first-order chi connectivity index (χ1) is 9.00. The molecule has 0 radical (unpaired) electrons. The maximum atomic E-state index is 11.7. The highest BCUT2D eigenvalue weighted by molar-refractivity contribution is 5.87. The second-order valence-electron chi connectivity index (χ2n) is 5.26. The molecule has 0 fully saturated rings. The van der Waals surface area contributed by atoms with Crippen LogP contribution in [-0.4, -0.2) is 17.1 Å². The van der Waals surface area contributed by atoms with Crippen molar-refractivity contribution in [2.75, 3.05) is 6.61 Å². The van der Waals surface area contributed by atoms with E-state index < -0.39 is 0 Å². The summed E-state index contributed by atoms with van der Waals surface area (Å²) in [4.78, 5) is 11.7. The molecule has 1 heterocycles. The van der Waals surface area contributed by atoms with Crippen LogP contribution in [0.4, 0.5) is 0 Å². The molecule has 4 nitrogen and oxygen atoms in total. The van der Waals surface area contributed by atoms with E-state index in [0.29, 0.717) is 12.3 Å². The fourth-order valence-corrected chi connectivity index (χ4v) is 1.90. The molecule has 0 bridgehead atoms. The van der Waals surface area contributed by atoms with Crippen molar-refractivity contribution < 1.29 is 9.53 Å². The van der Waals surface area contributed by atoms with E-state index in [4.69, 9.17) is 10.00 Å². The zero-order chi connectivity index (χ0) is 14.3. The Kier molecular flexibility index (Phi) is 5.62. The Labute approximate surface area is 115 Å². The highest BCUT2D eigenvalue weighted by Gasteiger charge is 2.16. The van der Waals surface area contributed by atoms with E-state index in [9.17, 15) is 4.79 Å². The van der Waals surface area contributed by atoms with Crippen LogP contribution in [0.15, 0.2) is 18.3 Å². The summed E-state index contributed by atoms with van der Waals surface area (Å²) in [6.45, 7) is 6.87. The number of rotatable bonds is 7. The number of nitriles is 1. The van der Waals surface area contributed by atoms with Crippen LogP contribution in [-0.2, 0) is 11.3 Å². The van der Waals surface area contributed by atoms with E-state index >= 15 is 0 Å². The van der Waals surface area contributed by atoms with Gasteiger partial charge in [-0.15, -0.1) is 0 Å². The first-order valence-electron chi connectivity index (χ1n) is 6.73. The van der Waals surface area contributed by atoms with Crippen molar-refractivity contribution in [3.63, 3.8) is 0 Å². The summed E-state index contributed by atoms with van der Waals surface area (Å²) in [5.74, 6) is -0.273. The normalized spacial score (nSPS) is 11.1. The third-order valence-electron chi connectivity index (χ3n) is 3.07. The third kappa shape index (κ3) is 4.78. The Bertz CT molecular complexity index is 455.